The number of nitrogens with zero attached hydrogens (tertiary/aromatic N) is 1. The van der Waals surface area contributed by atoms with E-state index in [1.807, 2.05) is 72.8 Å². The van der Waals surface area contributed by atoms with E-state index in [4.69, 9.17) is 4.74 Å². The first-order chi connectivity index (χ1) is 12.3. The second kappa shape index (κ2) is 6.95. The SMILES string of the molecule is O=C(Oc1cccc2ccccc12)N(c1ccccc1)C1CCNC1. The summed E-state index contributed by atoms with van der Waals surface area (Å²) in [6.45, 7) is 1.69. The fourth-order valence-electron chi connectivity index (χ4n) is 3.34. The minimum absolute atomic E-state index is 0.102. The van der Waals surface area contributed by atoms with E-state index in [1.165, 1.54) is 0 Å². The van der Waals surface area contributed by atoms with Gasteiger partial charge in [-0.15, -0.1) is 0 Å². The highest BCUT2D eigenvalue weighted by atomic mass is 16.6. The summed E-state index contributed by atoms with van der Waals surface area (Å²) in [5.41, 5.74) is 0.862. The normalized spacial score (nSPS) is 16.7. The number of rotatable bonds is 3. The molecule has 0 aromatic heterocycles. The molecule has 126 valence electrons. The Morgan fingerprint density at radius 1 is 0.960 bits per heavy atom. The Morgan fingerprint density at radius 3 is 2.52 bits per heavy atom. The number of para-hydroxylation sites is 1. The third-order valence-corrected chi connectivity index (χ3v) is 4.58. The lowest BCUT2D eigenvalue weighted by Crippen LogP contribution is -2.43. The third kappa shape index (κ3) is 3.21. The Balaban J connectivity index is 1.66. The lowest BCUT2D eigenvalue weighted by Gasteiger charge is -2.27. The molecule has 1 unspecified atom stereocenters. The van der Waals surface area contributed by atoms with Crippen LogP contribution in [0.3, 0.4) is 0 Å². The van der Waals surface area contributed by atoms with Gasteiger partial charge in [0.2, 0.25) is 0 Å². The van der Waals surface area contributed by atoms with Gasteiger partial charge in [0.15, 0.2) is 0 Å². The van der Waals surface area contributed by atoms with Crippen LogP contribution in [0.1, 0.15) is 6.42 Å². The van der Waals surface area contributed by atoms with Gasteiger partial charge >= 0.3 is 6.09 Å². The van der Waals surface area contributed by atoms with Crippen LogP contribution in [0.2, 0.25) is 0 Å². The molecule has 3 aromatic rings. The Labute approximate surface area is 147 Å². The molecule has 0 saturated carbocycles. The Morgan fingerprint density at radius 2 is 1.72 bits per heavy atom. The summed E-state index contributed by atoms with van der Waals surface area (Å²) in [6, 6.07) is 23.5. The first kappa shape index (κ1) is 15.7. The maximum absolute atomic E-state index is 13.0. The summed E-state index contributed by atoms with van der Waals surface area (Å²) < 4.78 is 5.82. The molecule has 1 fully saturated rings. The Bertz CT molecular complexity index is 868. The van der Waals surface area contributed by atoms with Crippen LogP contribution in [0.15, 0.2) is 72.8 Å². The van der Waals surface area contributed by atoms with E-state index >= 15 is 0 Å². The number of amides is 1. The molecule has 1 heterocycles. The number of fused-ring (bicyclic) bond motifs is 1. The molecule has 3 aromatic carbocycles. The summed E-state index contributed by atoms with van der Waals surface area (Å²) in [6.07, 6.45) is 0.579. The van der Waals surface area contributed by atoms with Crippen LogP contribution in [-0.4, -0.2) is 25.2 Å². The second-order valence-electron chi connectivity index (χ2n) is 6.20. The maximum Gasteiger partial charge on any atom is 0.420 e. The van der Waals surface area contributed by atoms with Gasteiger partial charge in [0, 0.05) is 17.6 Å². The number of anilines is 1. The van der Waals surface area contributed by atoms with E-state index in [1.54, 1.807) is 4.90 Å². The topological polar surface area (TPSA) is 41.6 Å². The predicted molar refractivity (Wildman–Crippen MR) is 100 cm³/mol. The molecular weight excluding hydrogens is 312 g/mol. The Kier molecular flexibility index (Phi) is 4.36. The quantitative estimate of drug-likeness (QED) is 0.781. The van der Waals surface area contributed by atoms with Crippen molar-refractivity contribution in [1.29, 1.82) is 0 Å². The van der Waals surface area contributed by atoms with Crippen molar-refractivity contribution < 1.29 is 9.53 Å². The van der Waals surface area contributed by atoms with Gasteiger partial charge in [-0.25, -0.2) is 4.79 Å². The Hall–Kier alpha value is -2.85. The zero-order valence-electron chi connectivity index (χ0n) is 13.9. The van der Waals surface area contributed by atoms with E-state index in [-0.39, 0.29) is 12.1 Å². The van der Waals surface area contributed by atoms with Gasteiger partial charge in [-0.05, 0) is 36.6 Å². The largest absolute Gasteiger partial charge is 0.420 e. The average molecular weight is 332 g/mol. The number of hydrogen-bond donors (Lipinski definition) is 1. The van der Waals surface area contributed by atoms with Crippen LogP contribution < -0.4 is 15.0 Å². The van der Waals surface area contributed by atoms with Crippen molar-refractivity contribution in [3.63, 3.8) is 0 Å². The molecule has 1 amide bonds. The van der Waals surface area contributed by atoms with Crippen LogP contribution in [0.4, 0.5) is 10.5 Å². The maximum atomic E-state index is 13.0. The lowest BCUT2D eigenvalue weighted by molar-refractivity contribution is 0.206. The van der Waals surface area contributed by atoms with E-state index in [0.717, 1.165) is 36.0 Å². The van der Waals surface area contributed by atoms with Crippen molar-refractivity contribution in [3.05, 3.63) is 72.8 Å². The number of benzene rings is 3. The van der Waals surface area contributed by atoms with Gasteiger partial charge in [-0.3, -0.25) is 4.90 Å². The third-order valence-electron chi connectivity index (χ3n) is 4.58. The highest BCUT2D eigenvalue weighted by Gasteiger charge is 2.29. The lowest BCUT2D eigenvalue weighted by atomic mass is 10.1. The highest BCUT2D eigenvalue weighted by molar-refractivity contribution is 5.94. The average Bonchev–Trinajstić information content (AvgIpc) is 3.17. The van der Waals surface area contributed by atoms with Crippen LogP contribution >= 0.6 is 0 Å². The molecule has 0 bridgehead atoms. The smallest absolute Gasteiger partial charge is 0.409 e. The standard InChI is InChI=1S/C21H20N2O2/c24-21(25-20-12-6-8-16-7-4-5-11-19(16)20)23(18-13-14-22-15-18)17-9-2-1-3-10-17/h1-12,18,22H,13-15H2. The minimum atomic E-state index is -0.337. The summed E-state index contributed by atoms with van der Waals surface area (Å²) in [5, 5.41) is 5.32. The van der Waals surface area contributed by atoms with Crippen molar-refractivity contribution in [2.75, 3.05) is 18.0 Å². The van der Waals surface area contributed by atoms with Crippen molar-refractivity contribution >= 4 is 22.6 Å². The molecule has 4 nitrogen and oxygen atoms in total. The fraction of sp³-hybridized carbons (Fsp3) is 0.190. The van der Waals surface area contributed by atoms with Gasteiger partial charge in [-0.1, -0.05) is 54.6 Å². The monoisotopic (exact) mass is 332 g/mol. The van der Waals surface area contributed by atoms with Crippen molar-refractivity contribution in [3.8, 4) is 5.75 Å². The molecular formula is C21H20N2O2. The number of ether oxygens (including phenoxy) is 1. The molecule has 25 heavy (non-hydrogen) atoms. The van der Waals surface area contributed by atoms with Gasteiger partial charge in [0.25, 0.3) is 0 Å². The van der Waals surface area contributed by atoms with E-state index in [9.17, 15) is 4.79 Å². The van der Waals surface area contributed by atoms with Crippen molar-refractivity contribution in [2.24, 2.45) is 0 Å². The first-order valence-corrected chi connectivity index (χ1v) is 8.57. The molecule has 4 rings (SSSR count). The molecule has 1 aliphatic heterocycles. The van der Waals surface area contributed by atoms with E-state index in [2.05, 4.69) is 5.32 Å². The summed E-state index contributed by atoms with van der Waals surface area (Å²) >= 11 is 0. The van der Waals surface area contributed by atoms with Gasteiger partial charge in [0.05, 0.1) is 6.04 Å². The summed E-state index contributed by atoms with van der Waals surface area (Å²) in [5.74, 6) is 0.593. The van der Waals surface area contributed by atoms with Crippen molar-refractivity contribution in [2.45, 2.75) is 12.5 Å². The number of nitrogens with one attached hydrogen (secondary N) is 1. The van der Waals surface area contributed by atoms with E-state index in [0.29, 0.717) is 5.75 Å². The molecule has 0 radical (unpaired) electrons. The molecule has 0 aliphatic carbocycles. The molecule has 1 aliphatic rings. The van der Waals surface area contributed by atoms with Crippen molar-refractivity contribution in [1.82, 2.24) is 5.32 Å². The zero-order valence-corrected chi connectivity index (χ0v) is 13.9. The highest BCUT2D eigenvalue weighted by Crippen LogP contribution is 2.27. The van der Waals surface area contributed by atoms with Crippen LogP contribution in [-0.2, 0) is 0 Å². The molecule has 1 N–H and O–H groups in total. The molecule has 1 atom stereocenters. The molecule has 0 spiro atoms. The van der Waals surface area contributed by atoms with Crippen LogP contribution in [0.25, 0.3) is 10.8 Å². The van der Waals surface area contributed by atoms with Crippen LogP contribution in [0.5, 0.6) is 5.75 Å². The van der Waals surface area contributed by atoms with Crippen LogP contribution in [0, 0.1) is 0 Å². The minimum Gasteiger partial charge on any atom is -0.409 e. The number of carbonyl (C=O) groups is 1. The number of carbonyl (C=O) groups excluding carboxylic acids is 1. The summed E-state index contributed by atoms with van der Waals surface area (Å²) in [7, 11) is 0. The predicted octanol–water partition coefficient (Wildman–Crippen LogP) is 4.21. The van der Waals surface area contributed by atoms with E-state index < -0.39 is 0 Å². The summed E-state index contributed by atoms with van der Waals surface area (Å²) in [4.78, 5) is 14.8. The molecule has 1 saturated heterocycles. The number of hydrogen-bond acceptors (Lipinski definition) is 3. The first-order valence-electron chi connectivity index (χ1n) is 8.57. The molecule has 4 heteroatoms. The fourth-order valence-corrected chi connectivity index (χ4v) is 3.34. The van der Waals surface area contributed by atoms with Gasteiger partial charge < -0.3 is 10.1 Å². The zero-order chi connectivity index (χ0) is 17.1. The van der Waals surface area contributed by atoms with Gasteiger partial charge in [-0.2, -0.15) is 0 Å². The second-order valence-corrected chi connectivity index (χ2v) is 6.20. The van der Waals surface area contributed by atoms with Gasteiger partial charge in [0.1, 0.15) is 5.75 Å².